The lowest BCUT2D eigenvalue weighted by Crippen LogP contribution is -2.27. The molecule has 0 N–H and O–H groups in total. The zero-order valence-electron chi connectivity index (χ0n) is 10.5. The molecular formula is C14H16ClNO3. The van der Waals surface area contributed by atoms with Crippen molar-refractivity contribution in [2.24, 2.45) is 0 Å². The Bertz CT molecular complexity index is 434. The summed E-state index contributed by atoms with van der Waals surface area (Å²) < 4.78 is 5.14. The van der Waals surface area contributed by atoms with E-state index in [1.807, 2.05) is 30.3 Å². The minimum absolute atomic E-state index is 0.207. The summed E-state index contributed by atoms with van der Waals surface area (Å²) in [7, 11) is 0. The van der Waals surface area contributed by atoms with Crippen LogP contribution in [0.3, 0.4) is 0 Å². The first-order valence-corrected chi connectivity index (χ1v) is 6.29. The van der Waals surface area contributed by atoms with Gasteiger partial charge in [-0.15, -0.1) is 0 Å². The van der Waals surface area contributed by atoms with E-state index in [4.69, 9.17) is 16.3 Å². The van der Waals surface area contributed by atoms with Gasteiger partial charge in [0.25, 0.3) is 0 Å². The molecule has 0 radical (unpaired) electrons. The van der Waals surface area contributed by atoms with Gasteiger partial charge in [0.1, 0.15) is 6.61 Å². The van der Waals surface area contributed by atoms with E-state index in [-0.39, 0.29) is 13.0 Å². The Morgan fingerprint density at radius 3 is 2.58 bits per heavy atom. The molecule has 0 unspecified atom stereocenters. The average Bonchev–Trinajstić information content (AvgIpc) is 2.42. The maximum Gasteiger partial charge on any atom is 0.414 e. The van der Waals surface area contributed by atoms with Crippen molar-refractivity contribution in [2.75, 3.05) is 6.54 Å². The van der Waals surface area contributed by atoms with Gasteiger partial charge in [0.05, 0.1) is 0 Å². The van der Waals surface area contributed by atoms with Crippen molar-refractivity contribution < 1.29 is 14.3 Å². The number of hydrogen-bond donors (Lipinski definition) is 0. The molecule has 0 aliphatic rings. The number of amides is 1. The number of halogens is 1. The topological polar surface area (TPSA) is 46.6 Å². The maximum absolute atomic E-state index is 11.7. The van der Waals surface area contributed by atoms with Crippen LogP contribution < -0.4 is 0 Å². The Morgan fingerprint density at radius 1 is 1.32 bits per heavy atom. The summed E-state index contributed by atoms with van der Waals surface area (Å²) >= 11 is 5.23. The molecule has 19 heavy (non-hydrogen) atoms. The number of benzene rings is 1. The second-order valence-corrected chi connectivity index (χ2v) is 4.30. The molecule has 0 aliphatic carbocycles. The van der Waals surface area contributed by atoms with E-state index in [9.17, 15) is 9.59 Å². The van der Waals surface area contributed by atoms with Gasteiger partial charge >= 0.3 is 6.09 Å². The summed E-state index contributed by atoms with van der Waals surface area (Å²) in [4.78, 5) is 23.7. The second-order valence-electron chi connectivity index (χ2n) is 3.87. The first-order chi connectivity index (χ1) is 9.13. The molecule has 4 nitrogen and oxygen atoms in total. The van der Waals surface area contributed by atoms with E-state index in [1.54, 1.807) is 0 Å². The van der Waals surface area contributed by atoms with E-state index in [2.05, 4.69) is 6.58 Å². The third kappa shape index (κ3) is 6.06. The van der Waals surface area contributed by atoms with Crippen LogP contribution >= 0.6 is 11.6 Å². The van der Waals surface area contributed by atoms with Gasteiger partial charge in [-0.1, -0.05) is 36.9 Å². The molecule has 0 bridgehead atoms. The Kier molecular flexibility index (Phi) is 6.68. The monoisotopic (exact) mass is 281 g/mol. The standard InChI is InChI=1S/C14H16ClNO3/c1-2-16(10-6-9-13(15)17)14(18)19-11-12-7-4-3-5-8-12/h2-5,7-8H,1,6,9-11H2. The van der Waals surface area contributed by atoms with Crippen molar-refractivity contribution in [3.8, 4) is 0 Å². The van der Waals surface area contributed by atoms with Gasteiger partial charge in [0, 0.05) is 19.2 Å². The highest BCUT2D eigenvalue weighted by molar-refractivity contribution is 6.63. The lowest BCUT2D eigenvalue weighted by Gasteiger charge is -2.17. The normalized spacial score (nSPS) is 9.74. The molecule has 0 aromatic heterocycles. The second kappa shape index (κ2) is 8.32. The van der Waals surface area contributed by atoms with Crippen LogP contribution in [0.5, 0.6) is 0 Å². The molecule has 0 saturated carbocycles. The molecular weight excluding hydrogens is 266 g/mol. The van der Waals surface area contributed by atoms with Gasteiger partial charge < -0.3 is 4.74 Å². The zero-order valence-corrected chi connectivity index (χ0v) is 11.3. The van der Waals surface area contributed by atoms with Crippen LogP contribution in [0.4, 0.5) is 4.79 Å². The molecule has 5 heteroatoms. The predicted molar refractivity (Wildman–Crippen MR) is 73.6 cm³/mol. The first-order valence-electron chi connectivity index (χ1n) is 5.91. The number of ether oxygens (including phenoxy) is 1. The lowest BCUT2D eigenvalue weighted by atomic mass is 10.2. The summed E-state index contributed by atoms with van der Waals surface area (Å²) in [6.07, 6.45) is 1.60. The molecule has 1 aromatic carbocycles. The fourth-order valence-corrected chi connectivity index (χ4v) is 1.58. The van der Waals surface area contributed by atoms with Crippen LogP contribution in [0.1, 0.15) is 18.4 Å². The lowest BCUT2D eigenvalue weighted by molar-refractivity contribution is -0.111. The van der Waals surface area contributed by atoms with Gasteiger partial charge in [0.15, 0.2) is 0 Å². The van der Waals surface area contributed by atoms with Gasteiger partial charge in [-0.3, -0.25) is 9.69 Å². The van der Waals surface area contributed by atoms with E-state index in [1.165, 1.54) is 11.1 Å². The Hall–Kier alpha value is -1.81. The molecule has 0 fully saturated rings. The van der Waals surface area contributed by atoms with Crippen molar-refractivity contribution >= 4 is 22.9 Å². The zero-order chi connectivity index (χ0) is 14.1. The summed E-state index contributed by atoms with van der Waals surface area (Å²) in [6.45, 7) is 4.11. The van der Waals surface area contributed by atoms with Gasteiger partial charge in [0.2, 0.25) is 5.24 Å². The molecule has 1 rings (SSSR count). The van der Waals surface area contributed by atoms with Gasteiger partial charge in [-0.2, -0.15) is 0 Å². The van der Waals surface area contributed by atoms with Gasteiger partial charge in [-0.25, -0.2) is 4.79 Å². The quantitative estimate of drug-likeness (QED) is 0.720. The summed E-state index contributed by atoms with van der Waals surface area (Å²) in [5.74, 6) is 0. The molecule has 0 spiro atoms. The SMILES string of the molecule is C=CN(CCCC(=O)Cl)C(=O)OCc1ccccc1. The fraction of sp³-hybridized carbons (Fsp3) is 0.286. The number of carbonyl (C=O) groups is 2. The molecule has 102 valence electrons. The van der Waals surface area contributed by atoms with Crippen molar-refractivity contribution in [1.82, 2.24) is 4.90 Å². The predicted octanol–water partition coefficient (Wildman–Crippen LogP) is 3.31. The fourth-order valence-electron chi connectivity index (χ4n) is 1.45. The van der Waals surface area contributed by atoms with E-state index in [0.717, 1.165) is 5.56 Å². The van der Waals surface area contributed by atoms with E-state index >= 15 is 0 Å². The van der Waals surface area contributed by atoms with Crippen molar-refractivity contribution in [3.05, 3.63) is 48.7 Å². The van der Waals surface area contributed by atoms with E-state index in [0.29, 0.717) is 13.0 Å². The number of hydrogen-bond acceptors (Lipinski definition) is 3. The van der Waals surface area contributed by atoms with Crippen LogP contribution in [-0.2, 0) is 16.1 Å². The highest BCUT2D eigenvalue weighted by Gasteiger charge is 2.12. The Balaban J connectivity index is 2.37. The maximum atomic E-state index is 11.7. The van der Waals surface area contributed by atoms with Crippen LogP contribution in [0.25, 0.3) is 0 Å². The summed E-state index contributed by atoms with van der Waals surface area (Å²) in [5.41, 5.74) is 0.913. The minimum atomic E-state index is -0.485. The molecule has 1 amide bonds. The minimum Gasteiger partial charge on any atom is -0.444 e. The van der Waals surface area contributed by atoms with Crippen LogP contribution in [0.15, 0.2) is 43.1 Å². The van der Waals surface area contributed by atoms with Crippen molar-refractivity contribution in [2.45, 2.75) is 19.4 Å². The largest absolute Gasteiger partial charge is 0.444 e. The summed E-state index contributed by atoms with van der Waals surface area (Å²) in [6, 6.07) is 9.39. The third-order valence-corrected chi connectivity index (χ3v) is 2.62. The van der Waals surface area contributed by atoms with Crippen molar-refractivity contribution in [3.63, 3.8) is 0 Å². The van der Waals surface area contributed by atoms with Gasteiger partial charge in [-0.05, 0) is 23.6 Å². The molecule has 0 saturated heterocycles. The van der Waals surface area contributed by atoms with Crippen molar-refractivity contribution in [1.29, 1.82) is 0 Å². The highest BCUT2D eigenvalue weighted by atomic mass is 35.5. The number of carbonyl (C=O) groups excluding carboxylic acids is 2. The molecule has 0 aliphatic heterocycles. The Labute approximate surface area is 117 Å². The van der Waals surface area contributed by atoms with Crippen LogP contribution in [-0.4, -0.2) is 22.8 Å². The molecule has 0 heterocycles. The molecule has 0 atom stereocenters. The molecule has 1 aromatic rings. The van der Waals surface area contributed by atoms with E-state index < -0.39 is 11.3 Å². The van der Waals surface area contributed by atoms with Crippen LogP contribution in [0.2, 0.25) is 0 Å². The average molecular weight is 282 g/mol. The third-order valence-electron chi connectivity index (χ3n) is 2.43. The first kappa shape index (κ1) is 15.2. The highest BCUT2D eigenvalue weighted by Crippen LogP contribution is 2.05. The van der Waals surface area contributed by atoms with Crippen LogP contribution in [0, 0.1) is 0 Å². The Morgan fingerprint density at radius 2 is 2.00 bits per heavy atom. The number of rotatable bonds is 7. The number of nitrogens with zero attached hydrogens (tertiary/aromatic N) is 1. The smallest absolute Gasteiger partial charge is 0.414 e. The summed E-state index contributed by atoms with van der Waals surface area (Å²) in [5, 5.41) is -0.415.